The standard InChI is InChI=1S/C48H28N4S2/c1-3-13-29(14-4-1)46-50-47(30-15-5-2-6-16-30)52-48(51-46)33-18-11-17-32(27-33)43-42-38-20-8-10-24-41(38)54-45(42)37-26-25-31(28-39(37)49-43)34-21-12-22-36-35-19-7-9-23-40(35)53-44(34)36/h1-28H. The van der Waals surface area contributed by atoms with Crippen molar-refractivity contribution in [2.75, 3.05) is 0 Å². The minimum Gasteiger partial charge on any atom is -0.247 e. The number of hydrogen-bond donors (Lipinski definition) is 0. The Hall–Kier alpha value is -6.60. The van der Waals surface area contributed by atoms with Crippen molar-refractivity contribution in [2.24, 2.45) is 0 Å². The third-order valence-electron chi connectivity index (χ3n) is 10.1. The van der Waals surface area contributed by atoms with Crippen LogP contribution in [-0.4, -0.2) is 19.9 Å². The smallest absolute Gasteiger partial charge is 0.164 e. The highest BCUT2D eigenvalue weighted by Gasteiger charge is 2.19. The lowest BCUT2D eigenvalue weighted by molar-refractivity contribution is 1.07. The zero-order valence-electron chi connectivity index (χ0n) is 28.8. The monoisotopic (exact) mass is 724 g/mol. The van der Waals surface area contributed by atoms with Crippen LogP contribution in [0.3, 0.4) is 0 Å². The SMILES string of the molecule is c1ccc(-c2nc(-c3ccccc3)nc(-c3cccc(-c4nc5cc(-c6cccc7c6sc6ccccc67)ccc5c5sc6ccccc6c45)c3)n2)cc1. The van der Waals surface area contributed by atoms with E-state index in [1.54, 1.807) is 0 Å². The van der Waals surface area contributed by atoms with E-state index in [0.29, 0.717) is 17.5 Å². The van der Waals surface area contributed by atoms with Crippen LogP contribution in [0.4, 0.5) is 0 Å². The topological polar surface area (TPSA) is 51.6 Å². The molecule has 0 aliphatic heterocycles. The molecule has 0 unspecified atom stereocenters. The van der Waals surface area contributed by atoms with Crippen molar-refractivity contribution < 1.29 is 0 Å². The highest BCUT2D eigenvalue weighted by molar-refractivity contribution is 7.27. The molecule has 0 bridgehead atoms. The first-order valence-corrected chi connectivity index (χ1v) is 19.5. The second-order valence-corrected chi connectivity index (χ2v) is 15.5. The van der Waals surface area contributed by atoms with E-state index < -0.39 is 0 Å². The van der Waals surface area contributed by atoms with Crippen molar-refractivity contribution in [3.8, 4) is 56.5 Å². The summed E-state index contributed by atoms with van der Waals surface area (Å²) in [6.45, 7) is 0. The van der Waals surface area contributed by atoms with Gasteiger partial charge in [-0.15, -0.1) is 22.7 Å². The molecule has 0 amide bonds. The Morgan fingerprint density at radius 1 is 0.333 bits per heavy atom. The molecule has 4 aromatic heterocycles. The van der Waals surface area contributed by atoms with E-state index in [4.69, 9.17) is 19.9 Å². The van der Waals surface area contributed by atoms with Crippen LogP contribution in [0.15, 0.2) is 170 Å². The molecule has 7 aromatic carbocycles. The third-order valence-corrected chi connectivity index (χ3v) is 12.5. The number of nitrogens with zero attached hydrogens (tertiary/aromatic N) is 4. The molecule has 11 rings (SSSR count). The van der Waals surface area contributed by atoms with E-state index in [0.717, 1.165) is 38.9 Å². The fourth-order valence-corrected chi connectivity index (χ4v) is 10.0. The van der Waals surface area contributed by atoms with Gasteiger partial charge in [-0.2, -0.15) is 0 Å². The Labute approximate surface area is 318 Å². The molecule has 6 heteroatoms. The van der Waals surface area contributed by atoms with E-state index in [1.165, 1.54) is 51.5 Å². The average molecular weight is 725 g/mol. The molecule has 252 valence electrons. The van der Waals surface area contributed by atoms with Crippen LogP contribution in [0.5, 0.6) is 0 Å². The van der Waals surface area contributed by atoms with Gasteiger partial charge in [0.2, 0.25) is 0 Å². The molecule has 0 aliphatic carbocycles. The number of benzene rings is 7. The summed E-state index contributed by atoms with van der Waals surface area (Å²) >= 11 is 3.69. The van der Waals surface area contributed by atoms with E-state index in [-0.39, 0.29) is 0 Å². The van der Waals surface area contributed by atoms with Crippen LogP contribution < -0.4 is 0 Å². The molecule has 4 nitrogen and oxygen atoms in total. The lowest BCUT2D eigenvalue weighted by Crippen LogP contribution is -2.00. The Balaban J connectivity index is 1.12. The quantitative estimate of drug-likeness (QED) is 0.177. The Morgan fingerprint density at radius 2 is 0.889 bits per heavy atom. The molecular formula is C48H28N4S2. The summed E-state index contributed by atoms with van der Waals surface area (Å²) in [6, 6.07) is 59.5. The number of fused-ring (bicyclic) bond motifs is 8. The van der Waals surface area contributed by atoms with Crippen LogP contribution in [0.2, 0.25) is 0 Å². The normalized spacial score (nSPS) is 11.7. The van der Waals surface area contributed by atoms with Crippen LogP contribution >= 0.6 is 22.7 Å². The lowest BCUT2D eigenvalue weighted by Gasteiger charge is -2.12. The van der Waals surface area contributed by atoms with E-state index in [2.05, 4.69) is 109 Å². The van der Waals surface area contributed by atoms with Gasteiger partial charge in [0.1, 0.15) is 0 Å². The van der Waals surface area contributed by atoms with Gasteiger partial charge in [0, 0.05) is 68.0 Å². The number of hydrogen-bond acceptors (Lipinski definition) is 6. The van der Waals surface area contributed by atoms with Gasteiger partial charge in [-0.1, -0.05) is 146 Å². The van der Waals surface area contributed by atoms with Crippen molar-refractivity contribution in [2.45, 2.75) is 0 Å². The number of pyridine rings is 1. The lowest BCUT2D eigenvalue weighted by atomic mass is 9.98. The summed E-state index contributed by atoms with van der Waals surface area (Å²) in [5.41, 5.74) is 8.14. The van der Waals surface area contributed by atoms with Crippen molar-refractivity contribution in [3.05, 3.63) is 170 Å². The molecule has 0 spiro atoms. The number of thiophene rings is 2. The predicted molar refractivity (Wildman–Crippen MR) is 228 cm³/mol. The highest BCUT2D eigenvalue weighted by Crippen LogP contribution is 2.45. The zero-order valence-corrected chi connectivity index (χ0v) is 30.4. The Morgan fingerprint density at radius 3 is 1.63 bits per heavy atom. The minimum atomic E-state index is 0.621. The maximum Gasteiger partial charge on any atom is 0.164 e. The molecule has 54 heavy (non-hydrogen) atoms. The van der Waals surface area contributed by atoms with Crippen molar-refractivity contribution in [1.82, 2.24) is 19.9 Å². The molecule has 0 saturated carbocycles. The van der Waals surface area contributed by atoms with Crippen molar-refractivity contribution in [1.29, 1.82) is 0 Å². The summed E-state index contributed by atoms with van der Waals surface area (Å²) in [7, 11) is 0. The zero-order chi connectivity index (χ0) is 35.6. The summed E-state index contributed by atoms with van der Waals surface area (Å²) in [4.78, 5) is 20.5. The van der Waals surface area contributed by atoms with Gasteiger partial charge >= 0.3 is 0 Å². The minimum absolute atomic E-state index is 0.621. The Kier molecular flexibility index (Phi) is 7.18. The van der Waals surface area contributed by atoms with Crippen molar-refractivity contribution in [3.63, 3.8) is 0 Å². The van der Waals surface area contributed by atoms with Gasteiger partial charge in [0.05, 0.1) is 11.2 Å². The summed E-state index contributed by atoms with van der Waals surface area (Å²) < 4.78 is 5.09. The number of rotatable bonds is 5. The van der Waals surface area contributed by atoms with Gasteiger partial charge in [-0.3, -0.25) is 0 Å². The molecular weight excluding hydrogens is 697 g/mol. The van der Waals surface area contributed by atoms with Crippen molar-refractivity contribution >= 4 is 73.9 Å². The Bertz CT molecular complexity index is 3160. The maximum atomic E-state index is 5.53. The first kappa shape index (κ1) is 31.0. The van der Waals surface area contributed by atoms with Crippen LogP contribution in [0, 0.1) is 0 Å². The molecule has 0 aliphatic rings. The third kappa shape index (κ3) is 5.11. The maximum absolute atomic E-state index is 5.53. The van der Waals surface area contributed by atoms with E-state index in [9.17, 15) is 0 Å². The van der Waals surface area contributed by atoms with E-state index in [1.807, 2.05) is 83.3 Å². The van der Waals surface area contributed by atoms with Gasteiger partial charge in [-0.05, 0) is 35.4 Å². The van der Waals surface area contributed by atoms with Crippen LogP contribution in [-0.2, 0) is 0 Å². The van der Waals surface area contributed by atoms with Gasteiger partial charge in [0.15, 0.2) is 17.5 Å². The molecule has 4 heterocycles. The molecule has 11 aromatic rings. The fourth-order valence-electron chi connectivity index (χ4n) is 7.56. The van der Waals surface area contributed by atoms with E-state index >= 15 is 0 Å². The van der Waals surface area contributed by atoms with Gasteiger partial charge in [-0.25, -0.2) is 19.9 Å². The van der Waals surface area contributed by atoms with Gasteiger partial charge in [0.25, 0.3) is 0 Å². The molecule has 0 atom stereocenters. The van der Waals surface area contributed by atoms with Crippen LogP contribution in [0.25, 0.3) is 108 Å². The average Bonchev–Trinajstić information content (AvgIpc) is 3.83. The number of aromatic nitrogens is 4. The molecule has 0 fully saturated rings. The highest BCUT2D eigenvalue weighted by atomic mass is 32.1. The fraction of sp³-hybridized carbons (Fsp3) is 0. The predicted octanol–water partition coefficient (Wildman–Crippen LogP) is 13.5. The van der Waals surface area contributed by atoms with Gasteiger partial charge < -0.3 is 0 Å². The summed E-state index contributed by atoms with van der Waals surface area (Å²) in [5.74, 6) is 1.90. The first-order chi connectivity index (χ1) is 26.7. The molecule has 0 N–H and O–H groups in total. The summed E-state index contributed by atoms with van der Waals surface area (Å²) in [5, 5.41) is 6.14. The largest absolute Gasteiger partial charge is 0.247 e. The summed E-state index contributed by atoms with van der Waals surface area (Å²) in [6.07, 6.45) is 0. The first-order valence-electron chi connectivity index (χ1n) is 17.9. The molecule has 0 saturated heterocycles. The van der Waals surface area contributed by atoms with Crippen LogP contribution in [0.1, 0.15) is 0 Å². The molecule has 0 radical (unpaired) electrons. The second-order valence-electron chi connectivity index (χ2n) is 13.4. The second kappa shape index (κ2) is 12.5.